The van der Waals surface area contributed by atoms with Crippen molar-refractivity contribution in [2.75, 3.05) is 26.2 Å². The van der Waals surface area contributed by atoms with Crippen LogP contribution in [0.25, 0.3) is 0 Å². The van der Waals surface area contributed by atoms with Crippen LogP contribution < -0.4 is 10.6 Å². The Labute approximate surface area is 141 Å². The maximum Gasteiger partial charge on any atom is 0.263 e. The maximum absolute atomic E-state index is 12.1. The van der Waals surface area contributed by atoms with Gasteiger partial charge in [-0.05, 0) is 51.1 Å². The number of aryl methyl sites for hydroxylation is 1. The number of rotatable bonds is 3. The molecule has 1 aromatic heterocycles. The Kier molecular flexibility index (Phi) is 6.20. The summed E-state index contributed by atoms with van der Waals surface area (Å²) in [6.07, 6.45) is 4.84. The van der Waals surface area contributed by atoms with Crippen LogP contribution in [-0.4, -0.2) is 43.2 Å². The van der Waals surface area contributed by atoms with E-state index in [4.69, 9.17) is 4.74 Å². The summed E-state index contributed by atoms with van der Waals surface area (Å²) in [5.74, 6) is -0.0271. The van der Waals surface area contributed by atoms with Gasteiger partial charge in [-0.3, -0.25) is 4.79 Å². The van der Waals surface area contributed by atoms with Crippen LogP contribution in [0.5, 0.6) is 0 Å². The average Bonchev–Trinajstić information content (AvgIpc) is 2.94. The topological polar surface area (TPSA) is 63.2 Å². The van der Waals surface area contributed by atoms with Gasteiger partial charge in [0.1, 0.15) is 4.88 Å². The molecule has 1 amide bonds. The number of halogens is 1. The highest BCUT2D eigenvalue weighted by atomic mass is 35.5. The number of piperidine rings is 1. The molecule has 2 aliphatic heterocycles. The van der Waals surface area contributed by atoms with Crippen molar-refractivity contribution in [3.05, 3.63) is 16.1 Å². The van der Waals surface area contributed by atoms with Crippen LogP contribution in [0.2, 0.25) is 0 Å². The zero-order chi connectivity index (χ0) is 14.7. The molecule has 22 heavy (non-hydrogen) atoms. The molecular formula is C15H24ClN3O2S. The molecule has 0 bridgehead atoms. The fourth-order valence-corrected chi connectivity index (χ4v) is 3.96. The Balaban J connectivity index is 0.00000176. The summed E-state index contributed by atoms with van der Waals surface area (Å²) < 4.78 is 6.01. The van der Waals surface area contributed by atoms with Gasteiger partial charge in [0.2, 0.25) is 0 Å². The van der Waals surface area contributed by atoms with Gasteiger partial charge in [-0.15, -0.1) is 23.7 Å². The van der Waals surface area contributed by atoms with Crippen molar-refractivity contribution >= 4 is 29.7 Å². The standard InChI is InChI=1S/C15H23N3O2S.ClH/c1-11-13(21-10-18-11)14(19)17-8-12-2-3-15(9-20-12)4-6-16-7-5-15;/h10,12,16H,2-9H2,1H3,(H,17,19);1H. The number of amides is 1. The minimum atomic E-state index is -0.0271. The monoisotopic (exact) mass is 345 g/mol. The van der Waals surface area contributed by atoms with E-state index in [1.54, 1.807) is 5.51 Å². The van der Waals surface area contributed by atoms with Crippen LogP contribution in [0.4, 0.5) is 0 Å². The van der Waals surface area contributed by atoms with E-state index in [1.807, 2.05) is 6.92 Å². The summed E-state index contributed by atoms with van der Waals surface area (Å²) in [6.45, 7) is 5.52. The minimum Gasteiger partial charge on any atom is -0.376 e. The van der Waals surface area contributed by atoms with E-state index < -0.39 is 0 Å². The van der Waals surface area contributed by atoms with E-state index >= 15 is 0 Å². The molecule has 2 N–H and O–H groups in total. The zero-order valence-electron chi connectivity index (χ0n) is 12.9. The summed E-state index contributed by atoms with van der Waals surface area (Å²) in [4.78, 5) is 16.9. The minimum absolute atomic E-state index is 0. The van der Waals surface area contributed by atoms with Crippen molar-refractivity contribution in [3.63, 3.8) is 0 Å². The largest absolute Gasteiger partial charge is 0.376 e. The Morgan fingerprint density at radius 1 is 1.50 bits per heavy atom. The van der Waals surface area contributed by atoms with Crippen LogP contribution in [0.3, 0.4) is 0 Å². The van der Waals surface area contributed by atoms with Crippen LogP contribution in [0, 0.1) is 12.3 Å². The predicted octanol–water partition coefficient (Wildman–Crippen LogP) is 2.15. The van der Waals surface area contributed by atoms with Gasteiger partial charge >= 0.3 is 0 Å². The number of carbonyl (C=O) groups excluding carboxylic acids is 1. The van der Waals surface area contributed by atoms with E-state index in [1.165, 1.54) is 30.6 Å². The second-order valence-corrected chi connectivity index (χ2v) is 7.05. The molecule has 1 atom stereocenters. The van der Waals surface area contributed by atoms with Crippen molar-refractivity contribution in [3.8, 4) is 0 Å². The Morgan fingerprint density at radius 3 is 2.86 bits per heavy atom. The number of hydrogen-bond donors (Lipinski definition) is 2. The lowest BCUT2D eigenvalue weighted by Gasteiger charge is -2.43. The molecule has 0 aliphatic carbocycles. The van der Waals surface area contributed by atoms with Crippen LogP contribution in [0.1, 0.15) is 41.0 Å². The summed E-state index contributed by atoms with van der Waals surface area (Å²) in [5.41, 5.74) is 2.90. The second-order valence-electron chi connectivity index (χ2n) is 6.20. The fraction of sp³-hybridized carbons (Fsp3) is 0.733. The molecule has 0 saturated carbocycles. The van der Waals surface area contributed by atoms with Crippen molar-refractivity contribution in [1.29, 1.82) is 0 Å². The third-order valence-corrected chi connectivity index (χ3v) is 5.66. The first-order valence-electron chi connectivity index (χ1n) is 7.69. The van der Waals surface area contributed by atoms with Gasteiger partial charge in [0, 0.05) is 6.54 Å². The number of carbonyl (C=O) groups is 1. The van der Waals surface area contributed by atoms with Crippen LogP contribution in [0.15, 0.2) is 5.51 Å². The Morgan fingerprint density at radius 2 is 2.27 bits per heavy atom. The molecule has 2 saturated heterocycles. The zero-order valence-corrected chi connectivity index (χ0v) is 14.5. The van der Waals surface area contributed by atoms with Gasteiger partial charge in [-0.2, -0.15) is 0 Å². The lowest BCUT2D eigenvalue weighted by atomic mass is 9.74. The van der Waals surface area contributed by atoms with E-state index in [0.717, 1.165) is 31.8 Å². The number of ether oxygens (including phenoxy) is 1. The first-order chi connectivity index (χ1) is 10.2. The molecular weight excluding hydrogens is 322 g/mol. The van der Waals surface area contributed by atoms with E-state index in [2.05, 4.69) is 15.6 Å². The van der Waals surface area contributed by atoms with Gasteiger partial charge in [0.25, 0.3) is 5.91 Å². The van der Waals surface area contributed by atoms with Gasteiger partial charge in [0.15, 0.2) is 0 Å². The number of hydrogen-bond acceptors (Lipinski definition) is 5. The molecule has 0 aromatic carbocycles. The smallest absolute Gasteiger partial charge is 0.263 e. The molecule has 7 heteroatoms. The highest BCUT2D eigenvalue weighted by Crippen LogP contribution is 2.38. The first kappa shape index (κ1) is 17.7. The first-order valence-corrected chi connectivity index (χ1v) is 8.57. The number of thiazole rings is 1. The molecule has 2 aliphatic rings. The molecule has 2 fully saturated rings. The average molecular weight is 346 g/mol. The lowest BCUT2D eigenvalue weighted by Crippen LogP contribution is -2.46. The van der Waals surface area contributed by atoms with Crippen molar-refractivity contribution in [1.82, 2.24) is 15.6 Å². The highest BCUT2D eigenvalue weighted by molar-refractivity contribution is 7.11. The fourth-order valence-electron chi connectivity index (χ4n) is 3.24. The molecule has 3 rings (SSSR count). The summed E-state index contributed by atoms with van der Waals surface area (Å²) in [5, 5.41) is 6.39. The second kappa shape index (κ2) is 7.73. The number of nitrogens with one attached hydrogen (secondary N) is 2. The number of nitrogens with zero attached hydrogens (tertiary/aromatic N) is 1. The quantitative estimate of drug-likeness (QED) is 0.881. The normalized spacial score (nSPS) is 23.8. The van der Waals surface area contributed by atoms with Gasteiger partial charge in [0.05, 0.1) is 23.9 Å². The summed E-state index contributed by atoms with van der Waals surface area (Å²) in [6, 6.07) is 0. The van der Waals surface area contributed by atoms with Crippen LogP contribution >= 0.6 is 23.7 Å². The molecule has 3 heterocycles. The molecule has 1 spiro atoms. The molecule has 1 unspecified atom stereocenters. The third-order valence-electron chi connectivity index (χ3n) is 4.73. The van der Waals surface area contributed by atoms with Gasteiger partial charge in [-0.1, -0.05) is 0 Å². The molecule has 0 radical (unpaired) electrons. The highest BCUT2D eigenvalue weighted by Gasteiger charge is 2.37. The van der Waals surface area contributed by atoms with E-state index in [9.17, 15) is 4.79 Å². The number of aromatic nitrogens is 1. The summed E-state index contributed by atoms with van der Waals surface area (Å²) in [7, 11) is 0. The van der Waals surface area contributed by atoms with E-state index in [0.29, 0.717) is 16.8 Å². The van der Waals surface area contributed by atoms with Gasteiger partial charge in [-0.25, -0.2) is 4.98 Å². The Bertz CT molecular complexity index is 493. The maximum atomic E-state index is 12.1. The molecule has 124 valence electrons. The van der Waals surface area contributed by atoms with Crippen molar-refractivity contribution < 1.29 is 9.53 Å². The predicted molar refractivity (Wildman–Crippen MR) is 89.9 cm³/mol. The van der Waals surface area contributed by atoms with Crippen LogP contribution in [-0.2, 0) is 4.74 Å². The molecule has 1 aromatic rings. The van der Waals surface area contributed by atoms with Crippen molar-refractivity contribution in [2.24, 2.45) is 5.41 Å². The summed E-state index contributed by atoms with van der Waals surface area (Å²) >= 11 is 1.39. The third kappa shape index (κ3) is 3.98. The SMILES string of the molecule is Cc1ncsc1C(=O)NCC1CCC2(CCNCC2)CO1.Cl. The van der Waals surface area contributed by atoms with Gasteiger partial charge < -0.3 is 15.4 Å². The van der Waals surface area contributed by atoms with E-state index in [-0.39, 0.29) is 24.4 Å². The molecule has 5 nitrogen and oxygen atoms in total. The lowest BCUT2D eigenvalue weighted by molar-refractivity contribution is -0.0721. The Hall–Kier alpha value is -0.690. The van der Waals surface area contributed by atoms with Crippen molar-refractivity contribution in [2.45, 2.75) is 38.7 Å².